The number of nitrogens with zero attached hydrogens (tertiary/aromatic N) is 5. The number of fused-ring (bicyclic) bond motifs is 1. The number of allylic oxidation sites excluding steroid dienone is 1. The highest BCUT2D eigenvalue weighted by molar-refractivity contribution is 9.12. The number of carbonyl (C=O) groups excluding carboxylic acids is 1. The van der Waals surface area contributed by atoms with Crippen molar-refractivity contribution in [2.24, 2.45) is 24.8 Å². The number of hydrogen-bond donors (Lipinski definition) is 0. The molecule has 1 unspecified atom stereocenters. The summed E-state index contributed by atoms with van der Waals surface area (Å²) in [5.74, 6) is 2.26. The normalized spacial score (nSPS) is 30.4. The van der Waals surface area contributed by atoms with Crippen LogP contribution < -0.4 is 4.90 Å². The second-order valence-electron chi connectivity index (χ2n) is 11.4. The minimum atomic E-state index is -0.235. The van der Waals surface area contributed by atoms with Gasteiger partial charge in [0.1, 0.15) is 12.2 Å². The van der Waals surface area contributed by atoms with Crippen LogP contribution in [-0.4, -0.2) is 45.2 Å². The largest absolute Gasteiger partial charge is 0.320 e. The third kappa shape index (κ3) is 4.01. The molecule has 0 spiro atoms. The van der Waals surface area contributed by atoms with E-state index < -0.39 is 0 Å². The lowest BCUT2D eigenvalue weighted by molar-refractivity contribution is -0.118. The van der Waals surface area contributed by atoms with E-state index in [4.69, 9.17) is 0 Å². The molecule has 2 atom stereocenters. The van der Waals surface area contributed by atoms with Crippen molar-refractivity contribution < 1.29 is 4.79 Å². The highest BCUT2D eigenvalue weighted by Crippen LogP contribution is 2.52. The predicted molar refractivity (Wildman–Crippen MR) is 146 cm³/mol. The van der Waals surface area contributed by atoms with E-state index in [0.29, 0.717) is 5.92 Å². The van der Waals surface area contributed by atoms with Crippen LogP contribution in [-0.2, 0) is 17.3 Å². The topological polar surface area (TPSA) is 54.3 Å². The molecule has 6 nitrogen and oxygen atoms in total. The molecule has 4 aliphatic rings. The lowest BCUT2D eigenvalue weighted by atomic mass is 9.58. The molecular weight excluding hydrogens is 514 g/mol. The Morgan fingerprint density at radius 1 is 1.19 bits per heavy atom. The summed E-state index contributed by atoms with van der Waals surface area (Å²) in [6.07, 6.45) is 12.8. The van der Waals surface area contributed by atoms with Gasteiger partial charge in [-0.15, -0.1) is 10.2 Å². The fourth-order valence-electron chi connectivity index (χ4n) is 6.78. The van der Waals surface area contributed by atoms with E-state index in [1.165, 1.54) is 24.0 Å². The van der Waals surface area contributed by atoms with E-state index in [2.05, 4.69) is 75.2 Å². The second-order valence-corrected chi connectivity index (χ2v) is 12.3. The van der Waals surface area contributed by atoms with Gasteiger partial charge in [-0.05, 0) is 79.0 Å². The fraction of sp³-hybridized carbons (Fsp3) is 0.483. The summed E-state index contributed by atoms with van der Waals surface area (Å²) in [4.78, 5) is 18.1. The average molecular weight is 549 g/mol. The molecule has 0 N–H and O–H groups in total. The van der Waals surface area contributed by atoms with Gasteiger partial charge in [0.05, 0.1) is 11.3 Å². The van der Waals surface area contributed by atoms with Crippen molar-refractivity contribution >= 4 is 27.5 Å². The van der Waals surface area contributed by atoms with Crippen LogP contribution in [0, 0.1) is 17.8 Å². The monoisotopic (exact) mass is 547 g/mol. The van der Waals surface area contributed by atoms with E-state index in [1.807, 2.05) is 28.8 Å². The lowest BCUT2D eigenvalue weighted by Gasteiger charge is -2.46. The molecule has 2 aliphatic heterocycles. The Kier molecular flexibility index (Phi) is 6.03. The van der Waals surface area contributed by atoms with E-state index >= 15 is 0 Å². The first kappa shape index (κ1) is 23.9. The van der Waals surface area contributed by atoms with Crippen molar-refractivity contribution in [1.82, 2.24) is 19.7 Å². The Balaban J connectivity index is 1.28. The number of aryl methyl sites for hydroxylation is 1. The van der Waals surface area contributed by atoms with Crippen LogP contribution in [0.2, 0.25) is 0 Å². The number of piperidine rings is 1. The quantitative estimate of drug-likeness (QED) is 0.507. The summed E-state index contributed by atoms with van der Waals surface area (Å²) in [6.45, 7) is 7.80. The molecule has 0 radical (unpaired) electrons. The van der Waals surface area contributed by atoms with Crippen molar-refractivity contribution in [3.63, 3.8) is 0 Å². The molecular formula is C29H34BrN5O. The number of amides is 1. The highest BCUT2D eigenvalue weighted by atomic mass is 79.9. The van der Waals surface area contributed by atoms with Crippen LogP contribution in [0.1, 0.15) is 50.9 Å². The molecule has 1 amide bonds. The van der Waals surface area contributed by atoms with Crippen LogP contribution in [0.3, 0.4) is 0 Å². The number of halogens is 1. The number of aromatic nitrogens is 3. The van der Waals surface area contributed by atoms with Gasteiger partial charge in [0.15, 0.2) is 0 Å². The van der Waals surface area contributed by atoms with Gasteiger partial charge < -0.3 is 4.57 Å². The number of rotatable bonds is 5. The number of anilines is 1. The molecule has 1 aromatic heterocycles. The van der Waals surface area contributed by atoms with Gasteiger partial charge in [-0.3, -0.25) is 14.6 Å². The third-order valence-corrected chi connectivity index (χ3v) is 9.12. The van der Waals surface area contributed by atoms with Crippen LogP contribution in [0.5, 0.6) is 0 Å². The van der Waals surface area contributed by atoms with Crippen molar-refractivity contribution in [1.29, 1.82) is 0 Å². The van der Waals surface area contributed by atoms with Gasteiger partial charge in [-0.2, -0.15) is 0 Å². The zero-order chi connectivity index (χ0) is 25.0. The minimum absolute atomic E-state index is 0.117. The summed E-state index contributed by atoms with van der Waals surface area (Å²) in [7, 11) is 2.02. The summed E-state index contributed by atoms with van der Waals surface area (Å²) in [5.41, 5.74) is 4.25. The maximum atomic E-state index is 13.7. The third-order valence-electron chi connectivity index (χ3n) is 8.43. The molecule has 7 heteroatoms. The Bertz CT molecular complexity index is 1280. The Morgan fingerprint density at radius 3 is 2.75 bits per heavy atom. The summed E-state index contributed by atoms with van der Waals surface area (Å²) < 4.78 is 3.05. The Labute approximate surface area is 221 Å². The molecule has 1 aromatic carbocycles. The van der Waals surface area contributed by atoms with Gasteiger partial charge in [0.2, 0.25) is 5.91 Å². The van der Waals surface area contributed by atoms with E-state index in [-0.39, 0.29) is 17.2 Å². The maximum absolute atomic E-state index is 13.7. The average Bonchev–Trinajstić information content (AvgIpc) is 3.41. The number of likely N-dealkylation sites (tertiary alicyclic amines) is 1. The molecule has 36 heavy (non-hydrogen) atoms. The highest BCUT2D eigenvalue weighted by Gasteiger charge is 2.48. The zero-order valence-corrected chi connectivity index (χ0v) is 22.9. The second kappa shape index (κ2) is 9.10. The Morgan fingerprint density at radius 2 is 2.03 bits per heavy atom. The summed E-state index contributed by atoms with van der Waals surface area (Å²) in [5, 5.41) is 8.65. The molecule has 2 aromatic rings. The van der Waals surface area contributed by atoms with Gasteiger partial charge in [0, 0.05) is 36.5 Å². The first-order valence-corrected chi connectivity index (χ1v) is 13.9. The number of hydrogen-bond acceptors (Lipinski definition) is 4. The smallest absolute Gasteiger partial charge is 0.242 e. The van der Waals surface area contributed by atoms with Crippen LogP contribution in [0.25, 0.3) is 0 Å². The van der Waals surface area contributed by atoms with E-state index in [9.17, 15) is 4.79 Å². The van der Waals surface area contributed by atoms with Crippen molar-refractivity contribution in [3.05, 3.63) is 76.0 Å². The van der Waals surface area contributed by atoms with Crippen LogP contribution in [0.4, 0.5) is 5.69 Å². The molecule has 1 saturated heterocycles. The maximum Gasteiger partial charge on any atom is 0.242 e. The molecule has 2 aliphatic carbocycles. The van der Waals surface area contributed by atoms with Crippen LogP contribution in [0.15, 0.2) is 64.6 Å². The molecule has 6 rings (SSSR count). The molecule has 3 heterocycles. The van der Waals surface area contributed by atoms with Gasteiger partial charge in [-0.1, -0.05) is 48.0 Å². The Hall–Kier alpha value is -2.51. The van der Waals surface area contributed by atoms with E-state index in [0.717, 1.165) is 60.0 Å². The molecule has 0 bridgehead atoms. The minimum Gasteiger partial charge on any atom is -0.320 e. The number of carbonyl (C=O) groups is 1. The molecule has 188 valence electrons. The summed E-state index contributed by atoms with van der Waals surface area (Å²) >= 11 is 3.78. The van der Waals surface area contributed by atoms with Crippen LogP contribution >= 0.6 is 15.9 Å². The van der Waals surface area contributed by atoms with E-state index in [1.54, 1.807) is 6.33 Å². The van der Waals surface area contributed by atoms with Crippen molar-refractivity contribution in [2.45, 2.75) is 44.9 Å². The zero-order valence-electron chi connectivity index (χ0n) is 21.3. The van der Waals surface area contributed by atoms with Gasteiger partial charge in [-0.25, -0.2) is 0 Å². The summed E-state index contributed by atoms with van der Waals surface area (Å²) in [6, 6.07) is 8.48. The van der Waals surface area contributed by atoms with Gasteiger partial charge in [0.25, 0.3) is 0 Å². The van der Waals surface area contributed by atoms with Crippen molar-refractivity contribution in [3.8, 4) is 0 Å². The predicted octanol–water partition coefficient (Wildman–Crippen LogP) is 5.33. The standard InChI is InChI=1S/C29H34BrN5O/c1-19-6-5-9-34(15-19)16-21-10-24-25(26(30)11-21)17-35(27(24)36)23-8-4-7-22(12-23)29(13-20(2)14-29)28-32-31-18-33(28)3/h4,7-8,10-12,17-20,24H,5-6,9,13-16H2,1-3H3/t19-,20?,24?,29?/m0/s1. The lowest BCUT2D eigenvalue weighted by Crippen LogP contribution is -2.43. The molecule has 1 saturated carbocycles. The molecule has 2 fully saturated rings. The SMILES string of the molecule is CC1CC(c2cccc(N3C=C4C(Br)=CC(CN5CCC[C@H](C)C5)=CC4C3=O)c2)(c2nncn2C)C1. The first-order valence-electron chi connectivity index (χ1n) is 13.1. The first-order chi connectivity index (χ1) is 17.3. The number of benzene rings is 1. The van der Waals surface area contributed by atoms with Gasteiger partial charge >= 0.3 is 0 Å². The fourth-order valence-corrected chi connectivity index (χ4v) is 7.42. The van der Waals surface area contributed by atoms with Crippen molar-refractivity contribution in [2.75, 3.05) is 24.5 Å².